The second kappa shape index (κ2) is 47.5. The van der Waals surface area contributed by atoms with Crippen LogP contribution < -0.4 is 0 Å². The fraction of sp³-hybridized carbons (Fsp3) is 0.943. The Hall–Kier alpha value is -1.59. The first-order valence-electron chi connectivity index (χ1n) is 26.4. The molecule has 59 heavy (non-hydrogen) atoms. The molecule has 0 aliphatic carbocycles. The zero-order valence-electron chi connectivity index (χ0n) is 40.2. The highest BCUT2D eigenvalue weighted by Crippen LogP contribution is 2.17. The predicted molar refractivity (Wildman–Crippen MR) is 252 cm³/mol. The SMILES string of the molecule is CCCCCCCCCCCCCCCCCCCCCC(=O)OC[C@@H](COC(=O)CCCCCCCCCCCCCCC)OC(=O)CCCCCCCCC(C)C. The third kappa shape index (κ3) is 47.3. The average molecular weight is 835 g/mol. The molecule has 0 spiro atoms. The van der Waals surface area contributed by atoms with Gasteiger partial charge in [0.25, 0.3) is 0 Å². The summed E-state index contributed by atoms with van der Waals surface area (Å²) in [7, 11) is 0. The first kappa shape index (κ1) is 57.4. The van der Waals surface area contributed by atoms with E-state index in [0.29, 0.717) is 19.3 Å². The summed E-state index contributed by atoms with van der Waals surface area (Å²) in [4.78, 5) is 37.9. The summed E-state index contributed by atoms with van der Waals surface area (Å²) >= 11 is 0. The first-order valence-corrected chi connectivity index (χ1v) is 26.4. The molecular weight excluding hydrogens is 733 g/mol. The fourth-order valence-electron chi connectivity index (χ4n) is 8.04. The molecule has 350 valence electrons. The summed E-state index contributed by atoms with van der Waals surface area (Å²) in [5, 5.41) is 0. The van der Waals surface area contributed by atoms with E-state index in [1.165, 1.54) is 193 Å². The molecule has 0 heterocycles. The quantitative estimate of drug-likeness (QED) is 0.0345. The van der Waals surface area contributed by atoms with Crippen LogP contribution in [0.1, 0.15) is 297 Å². The van der Waals surface area contributed by atoms with Gasteiger partial charge in [-0.05, 0) is 25.2 Å². The van der Waals surface area contributed by atoms with Crippen molar-refractivity contribution in [3.8, 4) is 0 Å². The molecule has 0 unspecified atom stereocenters. The maximum atomic E-state index is 12.7. The summed E-state index contributed by atoms with van der Waals surface area (Å²) in [6.07, 6.45) is 49.7. The normalized spacial score (nSPS) is 11.9. The van der Waals surface area contributed by atoms with Crippen LogP contribution >= 0.6 is 0 Å². The number of rotatable bonds is 48. The van der Waals surface area contributed by atoms with Crippen molar-refractivity contribution in [2.75, 3.05) is 13.2 Å². The van der Waals surface area contributed by atoms with Gasteiger partial charge in [-0.25, -0.2) is 0 Å². The Morgan fingerprint density at radius 3 is 0.831 bits per heavy atom. The highest BCUT2D eigenvalue weighted by Gasteiger charge is 2.19. The molecule has 0 aromatic rings. The van der Waals surface area contributed by atoms with Gasteiger partial charge in [-0.1, -0.05) is 259 Å². The van der Waals surface area contributed by atoms with Crippen molar-refractivity contribution in [3.05, 3.63) is 0 Å². The Kier molecular flexibility index (Phi) is 46.2. The van der Waals surface area contributed by atoms with Gasteiger partial charge in [0.2, 0.25) is 0 Å². The lowest BCUT2D eigenvalue weighted by Crippen LogP contribution is -2.30. The van der Waals surface area contributed by atoms with E-state index >= 15 is 0 Å². The van der Waals surface area contributed by atoms with E-state index in [-0.39, 0.29) is 31.1 Å². The van der Waals surface area contributed by atoms with Crippen LogP contribution in [0.15, 0.2) is 0 Å². The highest BCUT2D eigenvalue weighted by molar-refractivity contribution is 5.71. The van der Waals surface area contributed by atoms with E-state index < -0.39 is 6.10 Å². The van der Waals surface area contributed by atoms with Crippen molar-refractivity contribution in [1.82, 2.24) is 0 Å². The van der Waals surface area contributed by atoms with E-state index in [1.54, 1.807) is 0 Å². The highest BCUT2D eigenvalue weighted by atomic mass is 16.6. The second-order valence-electron chi connectivity index (χ2n) is 18.6. The van der Waals surface area contributed by atoms with Crippen molar-refractivity contribution >= 4 is 17.9 Å². The third-order valence-electron chi connectivity index (χ3n) is 12.0. The minimum absolute atomic E-state index is 0.0639. The topological polar surface area (TPSA) is 78.9 Å². The van der Waals surface area contributed by atoms with Gasteiger partial charge in [-0.2, -0.15) is 0 Å². The molecule has 6 heteroatoms. The van der Waals surface area contributed by atoms with Crippen LogP contribution in [0.5, 0.6) is 0 Å². The summed E-state index contributed by atoms with van der Waals surface area (Å²) in [5.41, 5.74) is 0. The Labute approximate surface area is 368 Å². The van der Waals surface area contributed by atoms with Crippen molar-refractivity contribution in [1.29, 1.82) is 0 Å². The van der Waals surface area contributed by atoms with Crippen LogP contribution in [-0.2, 0) is 28.6 Å². The minimum Gasteiger partial charge on any atom is -0.462 e. The zero-order valence-corrected chi connectivity index (χ0v) is 40.2. The molecular formula is C53H102O6. The van der Waals surface area contributed by atoms with Gasteiger partial charge in [0.15, 0.2) is 6.10 Å². The smallest absolute Gasteiger partial charge is 0.306 e. The van der Waals surface area contributed by atoms with Gasteiger partial charge >= 0.3 is 17.9 Å². The predicted octanol–water partition coefficient (Wildman–Crippen LogP) is 17.1. The molecule has 0 radical (unpaired) electrons. The van der Waals surface area contributed by atoms with E-state index in [0.717, 1.165) is 63.7 Å². The number of hydrogen-bond acceptors (Lipinski definition) is 6. The maximum absolute atomic E-state index is 12.7. The Balaban J connectivity index is 4.19. The molecule has 0 amide bonds. The summed E-state index contributed by atoms with van der Waals surface area (Å²) in [6.45, 7) is 8.96. The van der Waals surface area contributed by atoms with Crippen molar-refractivity contribution < 1.29 is 28.6 Å². The van der Waals surface area contributed by atoms with Crippen LogP contribution in [0.2, 0.25) is 0 Å². The van der Waals surface area contributed by atoms with Crippen LogP contribution in [0.3, 0.4) is 0 Å². The number of hydrogen-bond donors (Lipinski definition) is 0. The first-order chi connectivity index (χ1) is 28.9. The zero-order chi connectivity index (χ0) is 43.1. The lowest BCUT2D eigenvalue weighted by atomic mass is 10.0. The van der Waals surface area contributed by atoms with Crippen LogP contribution in [0.4, 0.5) is 0 Å². The van der Waals surface area contributed by atoms with Gasteiger partial charge in [0.1, 0.15) is 13.2 Å². The molecule has 0 aliphatic rings. The van der Waals surface area contributed by atoms with Crippen molar-refractivity contribution in [2.24, 2.45) is 5.92 Å². The Morgan fingerprint density at radius 1 is 0.322 bits per heavy atom. The summed E-state index contributed by atoms with van der Waals surface area (Å²) < 4.78 is 16.8. The number of ether oxygens (including phenoxy) is 3. The standard InChI is InChI=1S/C53H102O6/c1-5-7-9-11-13-15-17-19-20-21-22-23-24-26-28-30-32-37-41-45-52(55)58-48-50(59-53(56)46-42-38-34-33-35-39-43-49(3)4)47-57-51(54)44-40-36-31-29-27-25-18-16-14-12-10-8-6-2/h49-50H,5-48H2,1-4H3/t50-/m1/s1. The van der Waals surface area contributed by atoms with E-state index in [1.807, 2.05) is 0 Å². The van der Waals surface area contributed by atoms with E-state index in [9.17, 15) is 14.4 Å². The summed E-state index contributed by atoms with van der Waals surface area (Å²) in [5.74, 6) is -0.0908. The van der Waals surface area contributed by atoms with E-state index in [2.05, 4.69) is 27.7 Å². The third-order valence-corrected chi connectivity index (χ3v) is 12.0. The monoisotopic (exact) mass is 835 g/mol. The molecule has 0 bridgehead atoms. The summed E-state index contributed by atoms with van der Waals surface area (Å²) in [6, 6.07) is 0. The van der Waals surface area contributed by atoms with Gasteiger partial charge < -0.3 is 14.2 Å². The molecule has 0 aromatic carbocycles. The molecule has 0 saturated carbocycles. The molecule has 0 saturated heterocycles. The maximum Gasteiger partial charge on any atom is 0.306 e. The molecule has 1 atom stereocenters. The lowest BCUT2D eigenvalue weighted by molar-refractivity contribution is -0.167. The average Bonchev–Trinajstić information content (AvgIpc) is 3.22. The Bertz CT molecular complexity index is 887. The minimum atomic E-state index is -0.761. The number of esters is 3. The number of unbranched alkanes of at least 4 members (excludes halogenated alkanes) is 35. The molecule has 0 aromatic heterocycles. The number of carbonyl (C=O) groups is 3. The van der Waals surface area contributed by atoms with Gasteiger partial charge in [0.05, 0.1) is 0 Å². The van der Waals surface area contributed by atoms with Crippen LogP contribution in [0.25, 0.3) is 0 Å². The molecule has 0 rings (SSSR count). The van der Waals surface area contributed by atoms with Gasteiger partial charge in [0, 0.05) is 19.3 Å². The number of carbonyl (C=O) groups excluding carboxylic acids is 3. The lowest BCUT2D eigenvalue weighted by Gasteiger charge is -2.18. The Morgan fingerprint density at radius 2 is 0.559 bits per heavy atom. The molecule has 0 aliphatic heterocycles. The van der Waals surface area contributed by atoms with Crippen molar-refractivity contribution in [3.63, 3.8) is 0 Å². The molecule has 6 nitrogen and oxygen atoms in total. The molecule has 0 N–H and O–H groups in total. The molecule has 0 fully saturated rings. The second-order valence-corrected chi connectivity index (χ2v) is 18.6. The van der Waals surface area contributed by atoms with Gasteiger partial charge in [-0.3, -0.25) is 14.4 Å². The largest absolute Gasteiger partial charge is 0.462 e. The fourth-order valence-corrected chi connectivity index (χ4v) is 8.04. The van der Waals surface area contributed by atoms with Crippen molar-refractivity contribution in [2.45, 2.75) is 303 Å². The van der Waals surface area contributed by atoms with Crippen LogP contribution in [-0.4, -0.2) is 37.2 Å². The van der Waals surface area contributed by atoms with Crippen LogP contribution in [0, 0.1) is 5.92 Å². The van der Waals surface area contributed by atoms with E-state index in [4.69, 9.17) is 14.2 Å². The van der Waals surface area contributed by atoms with Gasteiger partial charge in [-0.15, -0.1) is 0 Å².